The Morgan fingerprint density at radius 3 is 2.85 bits per heavy atom. The van der Waals surface area contributed by atoms with Crippen molar-refractivity contribution in [1.29, 1.82) is 0 Å². The fourth-order valence-electron chi connectivity index (χ4n) is 2.17. The molecule has 1 aromatic rings. The fraction of sp³-hybridized carbons (Fsp3) is 0.615. The SMILES string of the molecule is CCOC(=O)c1coc(N2CCCC2C(=O)OCC)n1. The van der Waals surface area contributed by atoms with Crippen LogP contribution >= 0.6 is 0 Å². The van der Waals surface area contributed by atoms with E-state index in [1.54, 1.807) is 18.7 Å². The third kappa shape index (κ3) is 2.92. The van der Waals surface area contributed by atoms with Gasteiger partial charge in [0.25, 0.3) is 6.01 Å². The van der Waals surface area contributed by atoms with Gasteiger partial charge in [-0.05, 0) is 26.7 Å². The van der Waals surface area contributed by atoms with Gasteiger partial charge >= 0.3 is 11.9 Å². The van der Waals surface area contributed by atoms with Gasteiger partial charge in [-0.1, -0.05) is 0 Å². The van der Waals surface area contributed by atoms with E-state index in [9.17, 15) is 9.59 Å². The van der Waals surface area contributed by atoms with Gasteiger partial charge < -0.3 is 18.8 Å². The summed E-state index contributed by atoms with van der Waals surface area (Å²) in [6.07, 6.45) is 2.78. The van der Waals surface area contributed by atoms with Crippen LogP contribution in [-0.2, 0) is 14.3 Å². The third-order valence-corrected chi connectivity index (χ3v) is 3.03. The molecule has 1 aliphatic rings. The number of carbonyl (C=O) groups excluding carboxylic acids is 2. The van der Waals surface area contributed by atoms with E-state index in [-0.39, 0.29) is 24.3 Å². The number of rotatable bonds is 5. The van der Waals surface area contributed by atoms with Crippen molar-refractivity contribution in [3.05, 3.63) is 12.0 Å². The first kappa shape index (κ1) is 14.4. The fourth-order valence-corrected chi connectivity index (χ4v) is 2.17. The molecule has 0 spiro atoms. The summed E-state index contributed by atoms with van der Waals surface area (Å²) in [6.45, 7) is 4.74. The van der Waals surface area contributed by atoms with Crippen LogP contribution in [-0.4, -0.2) is 42.7 Å². The molecule has 2 heterocycles. The van der Waals surface area contributed by atoms with Gasteiger partial charge in [-0.2, -0.15) is 4.98 Å². The molecule has 0 radical (unpaired) electrons. The van der Waals surface area contributed by atoms with Crippen LogP contribution in [0.15, 0.2) is 10.7 Å². The number of oxazole rings is 1. The number of hydrogen-bond donors (Lipinski definition) is 0. The molecule has 1 unspecified atom stereocenters. The van der Waals surface area contributed by atoms with Crippen LogP contribution in [0.25, 0.3) is 0 Å². The standard InChI is InChI=1S/C13H18N2O5/c1-3-18-11(16)9-8-20-13(14-9)15-7-5-6-10(15)12(17)19-4-2/h8,10H,3-7H2,1-2H3. The average molecular weight is 282 g/mol. The van der Waals surface area contributed by atoms with Crippen molar-refractivity contribution in [2.24, 2.45) is 0 Å². The minimum Gasteiger partial charge on any atom is -0.464 e. The number of ether oxygens (including phenoxy) is 2. The zero-order valence-electron chi connectivity index (χ0n) is 11.6. The third-order valence-electron chi connectivity index (χ3n) is 3.03. The minimum absolute atomic E-state index is 0.108. The van der Waals surface area contributed by atoms with Gasteiger partial charge in [0, 0.05) is 6.54 Å². The normalized spacial score (nSPS) is 18.1. The van der Waals surface area contributed by atoms with E-state index in [0.29, 0.717) is 19.6 Å². The van der Waals surface area contributed by atoms with E-state index >= 15 is 0 Å². The molecule has 0 saturated carbocycles. The summed E-state index contributed by atoms with van der Waals surface area (Å²) in [7, 11) is 0. The summed E-state index contributed by atoms with van der Waals surface area (Å²) in [6, 6.07) is -0.146. The Labute approximate surface area is 116 Å². The molecular weight excluding hydrogens is 264 g/mol. The quantitative estimate of drug-likeness (QED) is 0.754. The molecule has 1 atom stereocenters. The number of aromatic nitrogens is 1. The smallest absolute Gasteiger partial charge is 0.360 e. The summed E-state index contributed by atoms with van der Waals surface area (Å²) < 4.78 is 15.2. The Hall–Kier alpha value is -2.05. The maximum absolute atomic E-state index is 11.8. The topological polar surface area (TPSA) is 81.9 Å². The van der Waals surface area contributed by atoms with Crippen LogP contribution < -0.4 is 4.90 Å². The Bertz CT molecular complexity index is 485. The second kappa shape index (κ2) is 6.40. The Kier molecular flexibility index (Phi) is 4.60. The van der Waals surface area contributed by atoms with E-state index in [2.05, 4.69) is 4.98 Å². The monoisotopic (exact) mass is 282 g/mol. The van der Waals surface area contributed by atoms with Crippen LogP contribution in [0.5, 0.6) is 0 Å². The number of carbonyl (C=O) groups is 2. The van der Waals surface area contributed by atoms with Gasteiger partial charge in [0.15, 0.2) is 5.69 Å². The first-order chi connectivity index (χ1) is 9.67. The van der Waals surface area contributed by atoms with Gasteiger partial charge in [-0.25, -0.2) is 9.59 Å². The van der Waals surface area contributed by atoms with E-state index in [1.165, 1.54) is 6.26 Å². The van der Waals surface area contributed by atoms with Crippen molar-refractivity contribution in [2.75, 3.05) is 24.7 Å². The van der Waals surface area contributed by atoms with Gasteiger partial charge in [0.1, 0.15) is 12.3 Å². The molecule has 7 nitrogen and oxygen atoms in total. The average Bonchev–Trinajstić information content (AvgIpc) is 3.08. The summed E-state index contributed by atoms with van der Waals surface area (Å²) in [4.78, 5) is 29.2. The molecule has 7 heteroatoms. The van der Waals surface area contributed by atoms with Crippen molar-refractivity contribution in [3.63, 3.8) is 0 Å². The molecule has 0 aliphatic carbocycles. The van der Waals surface area contributed by atoms with E-state index in [1.807, 2.05) is 0 Å². The van der Waals surface area contributed by atoms with Crippen molar-refractivity contribution in [2.45, 2.75) is 32.7 Å². The molecule has 2 rings (SSSR count). The van der Waals surface area contributed by atoms with Gasteiger partial charge in [0.2, 0.25) is 0 Å². The molecule has 1 aliphatic heterocycles. The van der Waals surface area contributed by atoms with Gasteiger partial charge in [-0.15, -0.1) is 0 Å². The highest BCUT2D eigenvalue weighted by molar-refractivity contribution is 5.87. The molecule has 20 heavy (non-hydrogen) atoms. The molecule has 0 bridgehead atoms. The second-order valence-electron chi connectivity index (χ2n) is 4.34. The lowest BCUT2D eigenvalue weighted by Gasteiger charge is -2.20. The van der Waals surface area contributed by atoms with Crippen LogP contribution in [0.2, 0.25) is 0 Å². The lowest BCUT2D eigenvalue weighted by atomic mass is 10.2. The molecular formula is C13H18N2O5. The molecule has 1 aromatic heterocycles. The largest absolute Gasteiger partial charge is 0.464 e. The lowest BCUT2D eigenvalue weighted by molar-refractivity contribution is -0.144. The predicted octanol–water partition coefficient (Wildman–Crippen LogP) is 1.38. The Morgan fingerprint density at radius 2 is 2.15 bits per heavy atom. The predicted molar refractivity (Wildman–Crippen MR) is 69.5 cm³/mol. The molecule has 1 fully saturated rings. The summed E-state index contributed by atoms with van der Waals surface area (Å²) in [5, 5.41) is 0. The molecule has 0 amide bonds. The van der Waals surface area contributed by atoms with Crippen molar-refractivity contribution < 1.29 is 23.5 Å². The first-order valence-corrected chi connectivity index (χ1v) is 6.73. The Balaban J connectivity index is 2.10. The highest BCUT2D eigenvalue weighted by atomic mass is 16.5. The number of anilines is 1. The van der Waals surface area contributed by atoms with Crippen LogP contribution in [0.1, 0.15) is 37.2 Å². The van der Waals surface area contributed by atoms with Crippen molar-refractivity contribution in [3.8, 4) is 0 Å². The first-order valence-electron chi connectivity index (χ1n) is 6.73. The zero-order chi connectivity index (χ0) is 14.5. The van der Waals surface area contributed by atoms with E-state index in [0.717, 1.165) is 6.42 Å². The highest BCUT2D eigenvalue weighted by Crippen LogP contribution is 2.25. The van der Waals surface area contributed by atoms with Crippen LogP contribution in [0.4, 0.5) is 6.01 Å². The number of hydrogen-bond acceptors (Lipinski definition) is 7. The number of esters is 2. The molecule has 0 aromatic carbocycles. The maximum atomic E-state index is 11.8. The summed E-state index contributed by atoms with van der Waals surface area (Å²) >= 11 is 0. The maximum Gasteiger partial charge on any atom is 0.360 e. The zero-order valence-corrected chi connectivity index (χ0v) is 11.6. The van der Waals surface area contributed by atoms with Gasteiger partial charge in [-0.3, -0.25) is 0 Å². The van der Waals surface area contributed by atoms with E-state index < -0.39 is 12.0 Å². The molecule has 1 saturated heterocycles. The number of nitrogens with zero attached hydrogens (tertiary/aromatic N) is 2. The minimum atomic E-state index is -0.533. The lowest BCUT2D eigenvalue weighted by Crippen LogP contribution is -2.37. The Morgan fingerprint density at radius 1 is 1.40 bits per heavy atom. The highest BCUT2D eigenvalue weighted by Gasteiger charge is 2.35. The molecule has 0 N–H and O–H groups in total. The van der Waals surface area contributed by atoms with Crippen LogP contribution in [0.3, 0.4) is 0 Å². The summed E-state index contributed by atoms with van der Waals surface area (Å²) in [5.74, 6) is -0.824. The van der Waals surface area contributed by atoms with Gasteiger partial charge in [0.05, 0.1) is 13.2 Å². The van der Waals surface area contributed by atoms with Crippen molar-refractivity contribution >= 4 is 18.0 Å². The second-order valence-corrected chi connectivity index (χ2v) is 4.34. The summed E-state index contributed by atoms with van der Waals surface area (Å²) in [5.41, 5.74) is 0.108. The van der Waals surface area contributed by atoms with E-state index in [4.69, 9.17) is 13.9 Å². The van der Waals surface area contributed by atoms with Crippen LogP contribution in [0, 0.1) is 0 Å². The van der Waals surface area contributed by atoms with Crippen molar-refractivity contribution in [1.82, 2.24) is 4.98 Å². The molecule has 110 valence electrons.